The zero-order valence-corrected chi connectivity index (χ0v) is 14.9. The second kappa shape index (κ2) is 7.84. The van der Waals surface area contributed by atoms with Gasteiger partial charge in [-0.15, -0.1) is 0 Å². The van der Waals surface area contributed by atoms with E-state index in [1.165, 1.54) is 30.7 Å². The van der Waals surface area contributed by atoms with Crippen molar-refractivity contribution in [3.05, 3.63) is 59.9 Å². The summed E-state index contributed by atoms with van der Waals surface area (Å²) in [5.74, 6) is -0.729. The van der Waals surface area contributed by atoms with Gasteiger partial charge in [0.25, 0.3) is 15.9 Å². The van der Waals surface area contributed by atoms with Crippen LogP contribution in [0.1, 0.15) is 29.6 Å². The van der Waals surface area contributed by atoms with E-state index in [2.05, 4.69) is 10.1 Å². The van der Waals surface area contributed by atoms with E-state index in [1.54, 1.807) is 12.1 Å². The van der Waals surface area contributed by atoms with Crippen LogP contribution in [-0.2, 0) is 10.0 Å². The largest absolute Gasteiger partial charge is 0.285 e. The third-order valence-electron chi connectivity index (χ3n) is 4.14. The van der Waals surface area contributed by atoms with Crippen LogP contribution in [0.25, 0.3) is 0 Å². The van der Waals surface area contributed by atoms with Crippen molar-refractivity contribution in [1.82, 2.24) is 10.4 Å². The number of nitrogens with zero attached hydrogens (tertiary/aromatic N) is 1. The summed E-state index contributed by atoms with van der Waals surface area (Å²) >= 11 is 0. The summed E-state index contributed by atoms with van der Waals surface area (Å²) in [6, 6.07) is 10.7. The molecule has 0 aromatic heterocycles. The highest BCUT2D eigenvalue weighted by molar-refractivity contribution is 7.92. The second-order valence-electron chi connectivity index (χ2n) is 6.13. The normalized spacial score (nSPS) is 15.4. The minimum atomic E-state index is -3.81. The van der Waals surface area contributed by atoms with Gasteiger partial charge in [-0.25, -0.2) is 17.8 Å². The van der Waals surface area contributed by atoms with Crippen molar-refractivity contribution >= 4 is 21.6 Å². The van der Waals surface area contributed by atoms with Gasteiger partial charge < -0.3 is 0 Å². The highest BCUT2D eigenvalue weighted by Crippen LogP contribution is 2.17. The van der Waals surface area contributed by atoms with Crippen molar-refractivity contribution in [2.24, 2.45) is 0 Å². The molecule has 0 atom stereocenters. The Hall–Kier alpha value is -2.45. The predicted octanol–water partition coefficient (Wildman–Crippen LogP) is 2.76. The van der Waals surface area contributed by atoms with Gasteiger partial charge in [0.2, 0.25) is 0 Å². The molecule has 1 aliphatic heterocycles. The van der Waals surface area contributed by atoms with Crippen LogP contribution in [0, 0.1) is 5.82 Å². The second-order valence-corrected chi connectivity index (χ2v) is 7.81. The Bertz CT molecular complexity index is 862. The first-order chi connectivity index (χ1) is 12.4. The highest BCUT2D eigenvalue weighted by Gasteiger charge is 2.16. The zero-order chi connectivity index (χ0) is 18.6. The molecule has 6 nitrogen and oxygen atoms in total. The van der Waals surface area contributed by atoms with Crippen molar-refractivity contribution in [3.63, 3.8) is 0 Å². The van der Waals surface area contributed by atoms with Crippen molar-refractivity contribution in [2.45, 2.75) is 24.2 Å². The van der Waals surface area contributed by atoms with Gasteiger partial charge in [0.05, 0.1) is 4.90 Å². The van der Waals surface area contributed by atoms with E-state index in [0.29, 0.717) is 11.3 Å². The number of hydrogen-bond acceptors (Lipinski definition) is 4. The molecule has 138 valence electrons. The number of benzene rings is 2. The molecule has 0 radical (unpaired) electrons. The fraction of sp³-hybridized carbons (Fsp3) is 0.278. The van der Waals surface area contributed by atoms with Gasteiger partial charge >= 0.3 is 0 Å². The first-order valence-electron chi connectivity index (χ1n) is 8.38. The zero-order valence-electron chi connectivity index (χ0n) is 14.1. The van der Waals surface area contributed by atoms with Gasteiger partial charge in [-0.2, -0.15) is 0 Å². The Morgan fingerprint density at radius 1 is 0.923 bits per heavy atom. The molecule has 0 unspecified atom stereocenters. The van der Waals surface area contributed by atoms with E-state index in [4.69, 9.17) is 0 Å². The molecule has 0 bridgehead atoms. The average Bonchev–Trinajstić information content (AvgIpc) is 2.63. The maximum atomic E-state index is 12.9. The summed E-state index contributed by atoms with van der Waals surface area (Å²) in [5, 5.41) is 1.90. The summed E-state index contributed by atoms with van der Waals surface area (Å²) in [6.07, 6.45) is 3.30. The van der Waals surface area contributed by atoms with Gasteiger partial charge in [-0.05, 0) is 61.4 Å². The smallest absolute Gasteiger partial charge is 0.265 e. The van der Waals surface area contributed by atoms with E-state index in [-0.39, 0.29) is 10.8 Å². The number of rotatable bonds is 5. The Balaban J connectivity index is 1.65. The Kier molecular flexibility index (Phi) is 5.53. The number of carbonyl (C=O) groups excluding carboxylic acids is 1. The van der Waals surface area contributed by atoms with Crippen LogP contribution in [0.5, 0.6) is 0 Å². The van der Waals surface area contributed by atoms with Gasteiger partial charge in [0.15, 0.2) is 0 Å². The van der Waals surface area contributed by atoms with E-state index in [0.717, 1.165) is 38.1 Å². The summed E-state index contributed by atoms with van der Waals surface area (Å²) in [6.45, 7) is 1.67. The molecule has 8 heteroatoms. The van der Waals surface area contributed by atoms with Crippen molar-refractivity contribution in [1.29, 1.82) is 0 Å². The Morgan fingerprint density at radius 2 is 1.54 bits per heavy atom. The molecule has 2 aromatic rings. The number of anilines is 1. The first-order valence-corrected chi connectivity index (χ1v) is 9.87. The third kappa shape index (κ3) is 4.59. The molecule has 2 aromatic carbocycles. The number of sulfonamides is 1. The van der Waals surface area contributed by atoms with E-state index in [1.807, 2.05) is 5.01 Å². The highest BCUT2D eigenvalue weighted by atomic mass is 32.2. The summed E-state index contributed by atoms with van der Waals surface area (Å²) in [5.41, 5.74) is 3.62. The monoisotopic (exact) mass is 377 g/mol. The number of hydrogen-bond donors (Lipinski definition) is 2. The molecule has 1 saturated heterocycles. The molecular weight excluding hydrogens is 357 g/mol. The molecule has 0 aliphatic carbocycles. The maximum Gasteiger partial charge on any atom is 0.265 e. The summed E-state index contributed by atoms with van der Waals surface area (Å²) < 4.78 is 39.9. The lowest BCUT2D eigenvalue weighted by molar-refractivity contribution is 0.0750. The summed E-state index contributed by atoms with van der Waals surface area (Å²) in [7, 11) is -3.81. The molecule has 1 heterocycles. The van der Waals surface area contributed by atoms with Crippen molar-refractivity contribution in [3.8, 4) is 0 Å². The molecular formula is C18H20FN3O3S. The average molecular weight is 377 g/mol. The van der Waals surface area contributed by atoms with Gasteiger partial charge in [-0.1, -0.05) is 6.42 Å². The molecule has 2 N–H and O–H groups in total. The lowest BCUT2D eigenvalue weighted by atomic mass is 10.1. The quantitative estimate of drug-likeness (QED) is 0.840. The van der Waals surface area contributed by atoms with Crippen LogP contribution < -0.4 is 10.1 Å². The number of piperidine rings is 1. The van der Waals surface area contributed by atoms with Crippen LogP contribution in [0.15, 0.2) is 53.4 Å². The van der Waals surface area contributed by atoms with Gasteiger partial charge in [0, 0.05) is 24.3 Å². The number of halogens is 1. The Labute approximate surface area is 152 Å². The molecule has 26 heavy (non-hydrogen) atoms. The van der Waals surface area contributed by atoms with Crippen LogP contribution in [0.2, 0.25) is 0 Å². The predicted molar refractivity (Wildman–Crippen MR) is 96.5 cm³/mol. The Morgan fingerprint density at radius 3 is 2.15 bits per heavy atom. The minimum absolute atomic E-state index is 0.0363. The molecule has 0 saturated carbocycles. The van der Waals surface area contributed by atoms with Gasteiger partial charge in [-0.3, -0.25) is 14.9 Å². The van der Waals surface area contributed by atoms with Gasteiger partial charge in [0.1, 0.15) is 5.82 Å². The third-order valence-corrected chi connectivity index (χ3v) is 5.54. The van der Waals surface area contributed by atoms with Crippen molar-refractivity contribution in [2.75, 3.05) is 17.8 Å². The van der Waals surface area contributed by atoms with E-state index >= 15 is 0 Å². The van der Waals surface area contributed by atoms with E-state index < -0.39 is 15.8 Å². The molecule has 1 amide bonds. The standard InChI is InChI=1S/C18H20FN3O3S/c19-15-6-10-17(11-7-15)26(24,25)21-16-8-4-14(5-9-16)18(23)20-22-12-2-1-3-13-22/h4-11,21H,1-3,12-13H2,(H,20,23). The molecule has 3 rings (SSSR count). The topological polar surface area (TPSA) is 78.5 Å². The van der Waals surface area contributed by atoms with Crippen LogP contribution in [0.4, 0.5) is 10.1 Å². The molecule has 1 aliphatic rings. The van der Waals surface area contributed by atoms with E-state index in [9.17, 15) is 17.6 Å². The number of carbonyl (C=O) groups is 1. The molecule has 1 fully saturated rings. The van der Waals surface area contributed by atoms with Crippen LogP contribution >= 0.6 is 0 Å². The first kappa shape index (κ1) is 18.3. The lowest BCUT2D eigenvalue weighted by Crippen LogP contribution is -2.45. The van der Waals surface area contributed by atoms with Crippen molar-refractivity contribution < 1.29 is 17.6 Å². The number of hydrazine groups is 1. The number of amides is 1. The minimum Gasteiger partial charge on any atom is -0.285 e. The maximum absolute atomic E-state index is 12.9. The lowest BCUT2D eigenvalue weighted by Gasteiger charge is -2.26. The van der Waals surface area contributed by atoms with Crippen LogP contribution in [-0.4, -0.2) is 32.4 Å². The fourth-order valence-electron chi connectivity index (χ4n) is 2.73. The SMILES string of the molecule is O=C(NN1CCCCC1)c1ccc(NS(=O)(=O)c2ccc(F)cc2)cc1. The molecule has 0 spiro atoms. The van der Waals surface area contributed by atoms with Crippen LogP contribution in [0.3, 0.4) is 0 Å². The summed E-state index contributed by atoms with van der Waals surface area (Å²) in [4.78, 5) is 12.2. The number of nitrogens with one attached hydrogen (secondary N) is 2. The fourth-order valence-corrected chi connectivity index (χ4v) is 3.79.